The van der Waals surface area contributed by atoms with E-state index in [0.717, 1.165) is 31.9 Å². The van der Waals surface area contributed by atoms with Crippen molar-refractivity contribution in [1.29, 1.82) is 0 Å². The summed E-state index contributed by atoms with van der Waals surface area (Å²) in [7, 11) is -3.38. The van der Waals surface area contributed by atoms with Crippen LogP contribution in [-0.4, -0.2) is 39.5 Å². The van der Waals surface area contributed by atoms with Crippen LogP contribution >= 0.6 is 0 Å². The Morgan fingerprint density at radius 3 is 2.43 bits per heavy atom. The molecular weight excluding hydrogens is 294 g/mol. The molecule has 0 bridgehead atoms. The van der Waals surface area contributed by atoms with Gasteiger partial charge in [-0.2, -0.15) is 8.42 Å². The van der Waals surface area contributed by atoms with Gasteiger partial charge in [0.05, 0.1) is 12.9 Å². The lowest BCUT2D eigenvalue weighted by molar-refractivity contribution is 0.0510. The zero-order chi connectivity index (χ0) is 16.1. The molecule has 1 N–H and O–H groups in total. The fourth-order valence-electron chi connectivity index (χ4n) is 2.50. The van der Waals surface area contributed by atoms with E-state index in [2.05, 4.69) is 5.32 Å². The van der Waals surface area contributed by atoms with Gasteiger partial charge in [0.2, 0.25) is 0 Å². The minimum absolute atomic E-state index is 0.235. The van der Waals surface area contributed by atoms with Crippen molar-refractivity contribution in [1.82, 2.24) is 5.32 Å². The summed E-state index contributed by atoms with van der Waals surface area (Å²) in [6, 6.07) is 0. The maximum Gasteiger partial charge on any atom is 0.407 e. The van der Waals surface area contributed by atoms with Gasteiger partial charge in [-0.05, 0) is 51.9 Å². The van der Waals surface area contributed by atoms with Gasteiger partial charge in [0.1, 0.15) is 5.60 Å². The Balaban J connectivity index is 2.31. The number of nitrogens with one attached hydrogen (secondary N) is 1. The Labute approximate surface area is 127 Å². The maximum atomic E-state index is 11.6. The normalized spacial score (nSPS) is 23.6. The zero-order valence-electron chi connectivity index (χ0n) is 13.3. The van der Waals surface area contributed by atoms with Crippen molar-refractivity contribution < 1.29 is 22.1 Å². The molecule has 0 aromatic rings. The Bertz CT molecular complexity index is 441. The molecule has 1 amide bonds. The first-order valence-corrected chi connectivity index (χ1v) is 9.18. The van der Waals surface area contributed by atoms with Gasteiger partial charge in [-0.3, -0.25) is 4.18 Å². The minimum atomic E-state index is -3.38. The van der Waals surface area contributed by atoms with E-state index in [-0.39, 0.29) is 12.5 Å². The predicted octanol–water partition coefficient (Wildman–Crippen LogP) is 2.29. The van der Waals surface area contributed by atoms with Gasteiger partial charge in [0, 0.05) is 6.54 Å². The minimum Gasteiger partial charge on any atom is -0.444 e. The fourth-order valence-corrected chi connectivity index (χ4v) is 2.94. The van der Waals surface area contributed by atoms with Crippen LogP contribution in [0, 0.1) is 11.8 Å². The van der Waals surface area contributed by atoms with Crippen LogP contribution in [0.15, 0.2) is 0 Å². The van der Waals surface area contributed by atoms with Gasteiger partial charge in [-0.25, -0.2) is 4.79 Å². The molecule has 124 valence electrons. The third kappa shape index (κ3) is 8.93. The molecule has 0 spiro atoms. The van der Waals surface area contributed by atoms with Crippen LogP contribution in [0.1, 0.15) is 46.5 Å². The fraction of sp³-hybridized carbons (Fsp3) is 0.929. The summed E-state index contributed by atoms with van der Waals surface area (Å²) in [5.41, 5.74) is -0.498. The lowest BCUT2D eigenvalue weighted by Crippen LogP contribution is -2.36. The third-order valence-electron chi connectivity index (χ3n) is 3.34. The number of carbonyl (C=O) groups is 1. The molecule has 2 unspecified atom stereocenters. The monoisotopic (exact) mass is 321 g/mol. The van der Waals surface area contributed by atoms with Crippen LogP contribution in [0.4, 0.5) is 4.79 Å². The van der Waals surface area contributed by atoms with Crippen LogP contribution in [0.5, 0.6) is 0 Å². The van der Waals surface area contributed by atoms with E-state index >= 15 is 0 Å². The Morgan fingerprint density at radius 2 is 1.86 bits per heavy atom. The molecule has 0 saturated heterocycles. The number of carbonyl (C=O) groups excluding carboxylic acids is 1. The Kier molecular flexibility index (Phi) is 6.46. The first-order valence-electron chi connectivity index (χ1n) is 7.36. The van der Waals surface area contributed by atoms with Crippen molar-refractivity contribution in [3.63, 3.8) is 0 Å². The average molecular weight is 321 g/mol. The number of amides is 1. The Hall–Kier alpha value is -0.820. The second-order valence-electron chi connectivity index (χ2n) is 6.77. The van der Waals surface area contributed by atoms with Crippen molar-refractivity contribution in [3.8, 4) is 0 Å². The average Bonchev–Trinajstić information content (AvgIpc) is 2.32. The SMILES string of the molecule is CC(C)(C)OC(=O)NCC1CCCC(COS(C)(=O)=O)C1. The van der Waals surface area contributed by atoms with E-state index in [1.165, 1.54) is 0 Å². The van der Waals surface area contributed by atoms with E-state index in [4.69, 9.17) is 8.92 Å². The van der Waals surface area contributed by atoms with Gasteiger partial charge in [0.25, 0.3) is 10.1 Å². The van der Waals surface area contributed by atoms with E-state index in [9.17, 15) is 13.2 Å². The molecule has 0 aliphatic heterocycles. The molecule has 0 radical (unpaired) electrons. The first kappa shape index (κ1) is 18.2. The number of alkyl carbamates (subject to hydrolysis) is 1. The standard InChI is InChI=1S/C14H27NO5S/c1-14(2,3)20-13(16)15-9-11-6-5-7-12(8-11)10-19-21(4,17)18/h11-12H,5-10H2,1-4H3,(H,15,16). The highest BCUT2D eigenvalue weighted by Gasteiger charge is 2.24. The maximum absolute atomic E-state index is 11.6. The number of hydrogen-bond acceptors (Lipinski definition) is 5. The third-order valence-corrected chi connectivity index (χ3v) is 3.91. The number of rotatable bonds is 5. The highest BCUT2D eigenvalue weighted by Crippen LogP contribution is 2.29. The quantitative estimate of drug-likeness (QED) is 0.786. The first-order chi connectivity index (χ1) is 9.55. The lowest BCUT2D eigenvalue weighted by Gasteiger charge is -2.29. The molecule has 2 atom stereocenters. The van der Waals surface area contributed by atoms with Crippen LogP contribution in [0.25, 0.3) is 0 Å². The number of hydrogen-bond donors (Lipinski definition) is 1. The molecule has 6 nitrogen and oxygen atoms in total. The summed E-state index contributed by atoms with van der Waals surface area (Å²) in [4.78, 5) is 11.6. The zero-order valence-corrected chi connectivity index (χ0v) is 14.2. The summed E-state index contributed by atoms with van der Waals surface area (Å²) < 4.78 is 32.1. The summed E-state index contributed by atoms with van der Waals surface area (Å²) in [6.07, 6.45) is 4.56. The van der Waals surface area contributed by atoms with Crippen LogP contribution < -0.4 is 5.32 Å². The molecule has 1 aliphatic rings. The van der Waals surface area contributed by atoms with Crippen molar-refractivity contribution in [3.05, 3.63) is 0 Å². The van der Waals surface area contributed by atoms with Crippen molar-refractivity contribution >= 4 is 16.2 Å². The molecular formula is C14H27NO5S. The van der Waals surface area contributed by atoms with E-state index in [1.807, 2.05) is 20.8 Å². The molecule has 21 heavy (non-hydrogen) atoms. The van der Waals surface area contributed by atoms with Gasteiger partial charge in [0.15, 0.2) is 0 Å². The lowest BCUT2D eigenvalue weighted by atomic mass is 9.82. The van der Waals surface area contributed by atoms with E-state index in [1.54, 1.807) is 0 Å². The summed E-state index contributed by atoms with van der Waals surface area (Å²) >= 11 is 0. The van der Waals surface area contributed by atoms with E-state index < -0.39 is 21.8 Å². The van der Waals surface area contributed by atoms with Crippen molar-refractivity contribution in [2.24, 2.45) is 11.8 Å². The summed E-state index contributed by atoms with van der Waals surface area (Å²) in [5, 5.41) is 2.78. The molecule has 0 aromatic heterocycles. The second-order valence-corrected chi connectivity index (χ2v) is 8.41. The molecule has 7 heteroatoms. The van der Waals surface area contributed by atoms with Crippen LogP contribution in [-0.2, 0) is 19.0 Å². The van der Waals surface area contributed by atoms with Crippen LogP contribution in [0.3, 0.4) is 0 Å². The largest absolute Gasteiger partial charge is 0.444 e. The second kappa shape index (κ2) is 7.45. The molecule has 1 aliphatic carbocycles. The molecule has 1 fully saturated rings. The van der Waals surface area contributed by atoms with Gasteiger partial charge >= 0.3 is 6.09 Å². The molecule has 0 heterocycles. The molecule has 1 saturated carbocycles. The highest BCUT2D eigenvalue weighted by atomic mass is 32.2. The number of ether oxygens (including phenoxy) is 1. The van der Waals surface area contributed by atoms with Crippen molar-refractivity contribution in [2.75, 3.05) is 19.4 Å². The smallest absolute Gasteiger partial charge is 0.407 e. The summed E-state index contributed by atoms with van der Waals surface area (Å²) in [6.45, 7) is 6.27. The van der Waals surface area contributed by atoms with Crippen molar-refractivity contribution in [2.45, 2.75) is 52.1 Å². The molecule has 0 aromatic carbocycles. The summed E-state index contributed by atoms with van der Waals surface area (Å²) in [5.74, 6) is 0.582. The Morgan fingerprint density at radius 1 is 1.24 bits per heavy atom. The highest BCUT2D eigenvalue weighted by molar-refractivity contribution is 7.85. The van der Waals surface area contributed by atoms with Crippen LogP contribution in [0.2, 0.25) is 0 Å². The van der Waals surface area contributed by atoms with E-state index in [0.29, 0.717) is 12.5 Å². The predicted molar refractivity (Wildman–Crippen MR) is 80.5 cm³/mol. The topological polar surface area (TPSA) is 81.7 Å². The molecule has 1 rings (SSSR count). The van der Waals surface area contributed by atoms with Gasteiger partial charge in [-0.15, -0.1) is 0 Å². The van der Waals surface area contributed by atoms with Gasteiger partial charge < -0.3 is 10.1 Å². The van der Waals surface area contributed by atoms with Gasteiger partial charge in [-0.1, -0.05) is 6.42 Å².